The minimum atomic E-state index is -4.51. The van der Waals surface area contributed by atoms with Crippen LogP contribution in [-0.4, -0.2) is 34.8 Å². The molecule has 1 N–H and O–H groups in total. The number of nitriles is 1. The van der Waals surface area contributed by atoms with Gasteiger partial charge in [0, 0.05) is 6.54 Å². The number of benzene rings is 1. The molecule has 0 aliphatic heterocycles. The van der Waals surface area contributed by atoms with E-state index in [2.05, 4.69) is 22.0 Å². The molecule has 0 saturated heterocycles. The molecule has 1 fully saturated rings. The number of aromatic nitrogens is 2. The highest BCUT2D eigenvalue weighted by atomic mass is 19.4. The summed E-state index contributed by atoms with van der Waals surface area (Å²) in [5, 5.41) is 12.7. The zero-order valence-electron chi connectivity index (χ0n) is 21.3. The van der Waals surface area contributed by atoms with Crippen molar-refractivity contribution in [1.29, 1.82) is 5.26 Å². The molecule has 1 aliphatic carbocycles. The van der Waals surface area contributed by atoms with E-state index < -0.39 is 36.3 Å². The molecule has 0 radical (unpaired) electrons. The summed E-state index contributed by atoms with van der Waals surface area (Å²) in [6, 6.07) is 5.65. The van der Waals surface area contributed by atoms with Crippen LogP contribution in [-0.2, 0) is 6.42 Å². The summed E-state index contributed by atoms with van der Waals surface area (Å²) in [7, 11) is 0. The van der Waals surface area contributed by atoms with Gasteiger partial charge in [0.25, 0.3) is 5.91 Å². The summed E-state index contributed by atoms with van der Waals surface area (Å²) in [5.41, 5.74) is -2.36. The van der Waals surface area contributed by atoms with E-state index in [1.165, 1.54) is 23.6 Å². The lowest BCUT2D eigenvalue weighted by Gasteiger charge is -2.28. The highest BCUT2D eigenvalue weighted by Gasteiger charge is 2.47. The number of imidazole rings is 1. The fourth-order valence-electron chi connectivity index (χ4n) is 4.60. The molecule has 37 heavy (non-hydrogen) atoms. The smallest absolute Gasteiger partial charge is 0.394 e. The SMILES string of the molecule is Cc1nc(C(=O)NCC2CCC(C)CC2)c(C#N)n1-c1ccc(CC(C)(C)C(F)(F)F)cc1OC(F)F. The maximum atomic E-state index is 13.4. The average molecular weight is 527 g/mol. The third-order valence-electron chi connectivity index (χ3n) is 6.95. The van der Waals surface area contributed by atoms with Crippen molar-refractivity contribution in [3.63, 3.8) is 0 Å². The topological polar surface area (TPSA) is 79.9 Å². The molecule has 1 heterocycles. The van der Waals surface area contributed by atoms with Crippen molar-refractivity contribution in [3.8, 4) is 17.5 Å². The van der Waals surface area contributed by atoms with Crippen molar-refractivity contribution in [2.24, 2.45) is 17.3 Å². The third kappa shape index (κ3) is 6.59. The van der Waals surface area contributed by atoms with Crippen molar-refractivity contribution in [1.82, 2.24) is 14.9 Å². The number of aryl methyl sites for hydroxylation is 1. The Kier molecular flexibility index (Phi) is 8.50. The molecular formula is C26H31F5N4O2. The van der Waals surface area contributed by atoms with Crippen LogP contribution < -0.4 is 10.1 Å². The molecule has 0 bridgehead atoms. The average Bonchev–Trinajstić information content (AvgIpc) is 3.13. The number of hydrogen-bond donors (Lipinski definition) is 1. The number of halogens is 5. The van der Waals surface area contributed by atoms with Crippen LogP contribution in [0.25, 0.3) is 5.69 Å². The minimum Gasteiger partial charge on any atom is -0.433 e. The van der Waals surface area contributed by atoms with E-state index in [9.17, 15) is 32.0 Å². The lowest BCUT2D eigenvalue weighted by Crippen LogP contribution is -2.34. The van der Waals surface area contributed by atoms with E-state index >= 15 is 0 Å². The van der Waals surface area contributed by atoms with Gasteiger partial charge in [-0.15, -0.1) is 0 Å². The predicted octanol–water partition coefficient (Wildman–Crippen LogP) is 6.34. The molecule has 2 aromatic rings. The molecule has 1 amide bonds. The number of ether oxygens (including phenoxy) is 1. The molecule has 0 unspecified atom stereocenters. The van der Waals surface area contributed by atoms with Gasteiger partial charge in [0.05, 0.1) is 11.1 Å². The van der Waals surface area contributed by atoms with E-state index in [4.69, 9.17) is 0 Å². The minimum absolute atomic E-state index is 0.0317. The van der Waals surface area contributed by atoms with Gasteiger partial charge >= 0.3 is 12.8 Å². The van der Waals surface area contributed by atoms with Crippen molar-refractivity contribution in [2.75, 3.05) is 6.54 Å². The Morgan fingerprint density at radius 2 is 1.89 bits per heavy atom. The van der Waals surface area contributed by atoms with E-state index in [1.54, 1.807) is 0 Å². The highest BCUT2D eigenvalue weighted by Crippen LogP contribution is 2.41. The summed E-state index contributed by atoms with van der Waals surface area (Å²) >= 11 is 0. The normalized spacial score (nSPS) is 18.5. The van der Waals surface area contributed by atoms with Crippen LogP contribution in [0.2, 0.25) is 0 Å². The van der Waals surface area contributed by atoms with Crippen molar-refractivity contribution >= 4 is 5.91 Å². The van der Waals surface area contributed by atoms with Crippen LogP contribution in [0.5, 0.6) is 5.75 Å². The van der Waals surface area contributed by atoms with Gasteiger partial charge in [0.1, 0.15) is 17.6 Å². The Morgan fingerprint density at radius 1 is 1.24 bits per heavy atom. The Balaban J connectivity index is 1.93. The number of carbonyl (C=O) groups is 1. The second-order valence-electron chi connectivity index (χ2n) is 10.4. The fourth-order valence-corrected chi connectivity index (χ4v) is 4.60. The standard InChI is InChI=1S/C26H31F5N4O2/c1-15-5-7-17(8-6-15)14-33-23(36)22-20(13-32)35(16(2)34-22)19-10-9-18(11-21(19)37-24(27)28)12-25(3,4)26(29,30)31/h9-11,15,17,24H,5-8,12,14H2,1-4H3,(H,33,36). The number of amides is 1. The number of alkyl halides is 5. The summed E-state index contributed by atoms with van der Waals surface area (Å²) in [6.45, 7) is 2.89. The third-order valence-corrected chi connectivity index (χ3v) is 6.95. The Labute approximate surface area is 212 Å². The zero-order chi connectivity index (χ0) is 27.5. The lowest BCUT2D eigenvalue weighted by atomic mass is 9.83. The van der Waals surface area contributed by atoms with Gasteiger partial charge in [-0.25, -0.2) is 4.98 Å². The van der Waals surface area contributed by atoms with E-state index in [0.717, 1.165) is 45.6 Å². The van der Waals surface area contributed by atoms with Crippen molar-refractivity contribution in [2.45, 2.75) is 72.6 Å². The lowest BCUT2D eigenvalue weighted by molar-refractivity contribution is -0.211. The molecule has 3 rings (SSSR count). The van der Waals surface area contributed by atoms with Crippen LogP contribution >= 0.6 is 0 Å². The molecule has 1 aliphatic rings. The van der Waals surface area contributed by atoms with Crippen LogP contribution in [0.3, 0.4) is 0 Å². The number of hydrogen-bond acceptors (Lipinski definition) is 4. The monoisotopic (exact) mass is 526 g/mol. The van der Waals surface area contributed by atoms with Gasteiger partial charge in [-0.3, -0.25) is 9.36 Å². The van der Waals surface area contributed by atoms with Crippen molar-refractivity contribution in [3.05, 3.63) is 41.0 Å². The fraction of sp³-hybridized carbons (Fsp3) is 0.577. The molecule has 6 nitrogen and oxygen atoms in total. The van der Waals surface area contributed by atoms with Gasteiger partial charge in [0.15, 0.2) is 11.4 Å². The van der Waals surface area contributed by atoms with E-state index in [-0.39, 0.29) is 28.5 Å². The molecule has 0 atom stereocenters. The predicted molar refractivity (Wildman–Crippen MR) is 127 cm³/mol. The summed E-state index contributed by atoms with van der Waals surface area (Å²) in [6.07, 6.45) is -0.834. The zero-order valence-corrected chi connectivity index (χ0v) is 21.3. The van der Waals surface area contributed by atoms with Gasteiger partial charge in [-0.2, -0.15) is 27.2 Å². The number of nitrogens with one attached hydrogen (secondary N) is 1. The van der Waals surface area contributed by atoms with Crippen LogP contribution in [0.15, 0.2) is 18.2 Å². The van der Waals surface area contributed by atoms with E-state index in [1.807, 2.05) is 6.07 Å². The number of carbonyl (C=O) groups excluding carboxylic acids is 1. The molecule has 1 aromatic carbocycles. The quantitative estimate of drug-likeness (QED) is 0.407. The Hall–Kier alpha value is -3.16. The summed E-state index contributed by atoms with van der Waals surface area (Å²) in [5.74, 6) is 0.165. The largest absolute Gasteiger partial charge is 0.433 e. The van der Waals surface area contributed by atoms with Crippen LogP contribution in [0, 0.1) is 35.5 Å². The van der Waals surface area contributed by atoms with Gasteiger partial charge in [-0.05, 0) is 55.7 Å². The molecule has 202 valence electrons. The first kappa shape index (κ1) is 28.4. The second-order valence-corrected chi connectivity index (χ2v) is 10.4. The highest BCUT2D eigenvalue weighted by molar-refractivity contribution is 5.94. The summed E-state index contributed by atoms with van der Waals surface area (Å²) < 4.78 is 72.4. The maximum Gasteiger partial charge on any atom is 0.394 e. The Morgan fingerprint density at radius 3 is 2.46 bits per heavy atom. The first-order valence-electron chi connectivity index (χ1n) is 12.2. The van der Waals surface area contributed by atoms with Crippen molar-refractivity contribution < 1.29 is 31.5 Å². The molecular weight excluding hydrogens is 495 g/mol. The molecule has 1 saturated carbocycles. The van der Waals surface area contributed by atoms with Crippen LogP contribution in [0.1, 0.15) is 74.0 Å². The van der Waals surface area contributed by atoms with Gasteiger partial charge in [-0.1, -0.05) is 39.7 Å². The maximum absolute atomic E-state index is 13.4. The molecule has 0 spiro atoms. The van der Waals surface area contributed by atoms with Gasteiger partial charge < -0.3 is 10.1 Å². The molecule has 11 heteroatoms. The number of nitrogens with zero attached hydrogens (tertiary/aromatic N) is 3. The molecule has 1 aromatic heterocycles. The van der Waals surface area contributed by atoms with Crippen LogP contribution in [0.4, 0.5) is 22.0 Å². The first-order chi connectivity index (χ1) is 17.2. The second kappa shape index (κ2) is 11.1. The summed E-state index contributed by atoms with van der Waals surface area (Å²) in [4.78, 5) is 17.1. The van der Waals surface area contributed by atoms with E-state index in [0.29, 0.717) is 18.4 Å². The number of rotatable bonds is 8. The first-order valence-corrected chi connectivity index (χ1v) is 12.2. The van der Waals surface area contributed by atoms with Gasteiger partial charge in [0.2, 0.25) is 0 Å². The Bertz CT molecular complexity index is 1160.